The Labute approximate surface area is 142 Å². The second kappa shape index (κ2) is 6.44. The molecule has 0 unspecified atom stereocenters. The lowest BCUT2D eigenvalue weighted by Crippen LogP contribution is -2.23. The Morgan fingerprint density at radius 3 is 2.42 bits per heavy atom. The summed E-state index contributed by atoms with van der Waals surface area (Å²) in [5.74, 6) is 0. The Bertz CT molecular complexity index is 920. The number of nitrogens with zero attached hydrogens (tertiary/aromatic N) is 3. The van der Waals surface area contributed by atoms with E-state index in [1.807, 2.05) is 55.5 Å². The molecule has 0 radical (unpaired) electrons. The Morgan fingerprint density at radius 2 is 1.75 bits per heavy atom. The Hall–Kier alpha value is -3.30. The van der Waals surface area contributed by atoms with Crippen LogP contribution in [0.15, 0.2) is 54.1 Å². The van der Waals surface area contributed by atoms with Crippen molar-refractivity contribution in [2.45, 2.75) is 13.8 Å². The number of benzene rings is 2. The van der Waals surface area contributed by atoms with Crippen LogP contribution in [0, 0.1) is 22.7 Å². The molecule has 1 aliphatic heterocycles. The summed E-state index contributed by atoms with van der Waals surface area (Å²) in [5.41, 5.74) is 5.91. The first-order chi connectivity index (χ1) is 11.7. The number of hydrogen-bond donors (Lipinski definition) is 0. The van der Waals surface area contributed by atoms with E-state index in [0.29, 0.717) is 0 Å². The predicted octanol–water partition coefficient (Wildman–Crippen LogP) is 5.04. The van der Waals surface area contributed by atoms with Gasteiger partial charge in [-0.05, 0) is 31.5 Å². The summed E-state index contributed by atoms with van der Waals surface area (Å²) in [5, 5.41) is 18.9. The van der Waals surface area contributed by atoms with Gasteiger partial charge in [-0.25, -0.2) is 0 Å². The van der Waals surface area contributed by atoms with Gasteiger partial charge in [0.15, 0.2) is 0 Å². The number of fused-ring (bicyclic) bond motifs is 2. The maximum atomic E-state index is 9.44. The smallest absolute Gasteiger partial charge is 0.138 e. The predicted molar refractivity (Wildman–Crippen MR) is 97.5 cm³/mol. The van der Waals surface area contributed by atoms with Gasteiger partial charge in [0, 0.05) is 34.6 Å². The van der Waals surface area contributed by atoms with Crippen LogP contribution in [-0.2, 0) is 0 Å². The fraction of sp³-hybridized carbons (Fsp3) is 0.143. The molecule has 1 aliphatic rings. The van der Waals surface area contributed by atoms with E-state index in [9.17, 15) is 10.5 Å². The van der Waals surface area contributed by atoms with E-state index in [0.717, 1.165) is 40.2 Å². The van der Waals surface area contributed by atoms with Crippen LogP contribution in [0.2, 0.25) is 0 Å². The second-order valence-corrected chi connectivity index (χ2v) is 5.51. The van der Waals surface area contributed by atoms with Crippen molar-refractivity contribution in [2.24, 2.45) is 0 Å². The van der Waals surface area contributed by atoms with E-state index in [1.54, 1.807) is 0 Å². The Balaban J connectivity index is 2.40. The minimum atomic E-state index is 0.151. The highest BCUT2D eigenvalue weighted by Gasteiger charge is 2.27. The standard InChI is InChI=1S/C21H17N3/c1-3-7-15-10-11-18-20(12-15)24(4-2)19-9-6-5-8-17(19)21(18)16(13-22)14-23/h3,5-12H,4H2,1-2H3/b7-3+. The molecule has 0 atom stereocenters. The molecule has 24 heavy (non-hydrogen) atoms. The van der Waals surface area contributed by atoms with E-state index >= 15 is 0 Å². The summed E-state index contributed by atoms with van der Waals surface area (Å²) in [7, 11) is 0. The molecule has 0 aromatic heterocycles. The summed E-state index contributed by atoms with van der Waals surface area (Å²) < 4.78 is 0. The van der Waals surface area contributed by atoms with Crippen LogP contribution < -0.4 is 4.90 Å². The first kappa shape index (κ1) is 15.6. The van der Waals surface area contributed by atoms with Crippen LogP contribution in [0.25, 0.3) is 11.6 Å². The number of hydrogen-bond acceptors (Lipinski definition) is 3. The quantitative estimate of drug-likeness (QED) is 0.730. The van der Waals surface area contributed by atoms with Crippen molar-refractivity contribution in [1.29, 1.82) is 10.5 Å². The minimum absolute atomic E-state index is 0.151. The van der Waals surface area contributed by atoms with Gasteiger partial charge in [0.2, 0.25) is 0 Å². The van der Waals surface area contributed by atoms with E-state index in [-0.39, 0.29) is 5.57 Å². The van der Waals surface area contributed by atoms with Gasteiger partial charge in [0.1, 0.15) is 17.7 Å². The molecular weight excluding hydrogens is 294 g/mol. The topological polar surface area (TPSA) is 50.8 Å². The third-order valence-electron chi connectivity index (χ3n) is 4.20. The van der Waals surface area contributed by atoms with Gasteiger partial charge in [0.25, 0.3) is 0 Å². The highest BCUT2D eigenvalue weighted by atomic mass is 15.1. The van der Waals surface area contributed by atoms with E-state index in [2.05, 4.69) is 30.0 Å². The van der Waals surface area contributed by atoms with Crippen LogP contribution in [0.4, 0.5) is 11.4 Å². The van der Waals surface area contributed by atoms with Crippen LogP contribution >= 0.6 is 0 Å². The fourth-order valence-electron chi connectivity index (χ4n) is 3.22. The fourth-order valence-corrected chi connectivity index (χ4v) is 3.22. The monoisotopic (exact) mass is 311 g/mol. The maximum Gasteiger partial charge on any atom is 0.138 e. The zero-order valence-electron chi connectivity index (χ0n) is 13.7. The largest absolute Gasteiger partial charge is 0.341 e. The highest BCUT2D eigenvalue weighted by Crippen LogP contribution is 2.46. The third kappa shape index (κ3) is 2.37. The molecule has 0 aliphatic carbocycles. The van der Waals surface area contributed by atoms with Gasteiger partial charge in [0.05, 0.1) is 0 Å². The molecule has 3 rings (SSSR count). The molecular formula is C21H17N3. The SMILES string of the molecule is C/C=C/c1ccc2c(c1)N(CC)c1ccccc1C2=C(C#N)C#N. The van der Waals surface area contributed by atoms with Gasteiger partial charge in [-0.2, -0.15) is 10.5 Å². The Kier molecular flexibility index (Phi) is 4.18. The lowest BCUT2D eigenvalue weighted by atomic mass is 9.86. The number of rotatable bonds is 2. The van der Waals surface area contributed by atoms with Crippen molar-refractivity contribution in [3.8, 4) is 12.1 Å². The number of allylic oxidation sites excluding steroid dienone is 2. The molecule has 2 aromatic carbocycles. The van der Waals surface area contributed by atoms with E-state index < -0.39 is 0 Å². The lowest BCUT2D eigenvalue weighted by Gasteiger charge is -2.34. The number of nitriles is 2. The van der Waals surface area contributed by atoms with Crippen LogP contribution in [-0.4, -0.2) is 6.54 Å². The van der Waals surface area contributed by atoms with E-state index in [1.165, 1.54) is 0 Å². The molecule has 0 saturated heterocycles. The zero-order chi connectivity index (χ0) is 17.1. The summed E-state index contributed by atoms with van der Waals surface area (Å²) >= 11 is 0. The average Bonchev–Trinajstić information content (AvgIpc) is 2.62. The van der Waals surface area contributed by atoms with Crippen molar-refractivity contribution in [3.63, 3.8) is 0 Å². The summed E-state index contributed by atoms with van der Waals surface area (Å²) in [6, 6.07) is 18.2. The van der Waals surface area contributed by atoms with Crippen LogP contribution in [0.5, 0.6) is 0 Å². The molecule has 0 spiro atoms. The van der Waals surface area contributed by atoms with Crippen molar-refractivity contribution >= 4 is 23.0 Å². The molecule has 0 N–H and O–H groups in total. The molecule has 2 aromatic rings. The summed E-state index contributed by atoms with van der Waals surface area (Å²) in [4.78, 5) is 2.23. The molecule has 0 fully saturated rings. The van der Waals surface area contributed by atoms with Crippen molar-refractivity contribution in [2.75, 3.05) is 11.4 Å². The number of anilines is 2. The molecule has 0 saturated carbocycles. The Morgan fingerprint density at radius 1 is 1.04 bits per heavy atom. The van der Waals surface area contributed by atoms with Crippen molar-refractivity contribution in [1.82, 2.24) is 0 Å². The maximum absolute atomic E-state index is 9.44. The molecule has 116 valence electrons. The lowest BCUT2D eigenvalue weighted by molar-refractivity contribution is 1.01. The molecule has 0 amide bonds. The first-order valence-electron chi connectivity index (χ1n) is 7.93. The summed E-state index contributed by atoms with van der Waals surface area (Å²) in [6.07, 6.45) is 4.05. The van der Waals surface area contributed by atoms with Crippen molar-refractivity contribution < 1.29 is 0 Å². The van der Waals surface area contributed by atoms with Gasteiger partial charge in [-0.15, -0.1) is 0 Å². The molecule has 3 nitrogen and oxygen atoms in total. The third-order valence-corrected chi connectivity index (χ3v) is 4.20. The average molecular weight is 311 g/mol. The van der Waals surface area contributed by atoms with Gasteiger partial charge in [-0.3, -0.25) is 0 Å². The van der Waals surface area contributed by atoms with Crippen molar-refractivity contribution in [3.05, 3.63) is 70.8 Å². The van der Waals surface area contributed by atoms with Gasteiger partial charge in [-0.1, -0.05) is 42.5 Å². The zero-order valence-corrected chi connectivity index (χ0v) is 13.7. The molecule has 3 heteroatoms. The number of para-hydroxylation sites is 1. The molecule has 0 bridgehead atoms. The van der Waals surface area contributed by atoms with Gasteiger partial charge < -0.3 is 4.90 Å². The highest BCUT2D eigenvalue weighted by molar-refractivity contribution is 6.01. The first-order valence-corrected chi connectivity index (χ1v) is 7.93. The summed E-state index contributed by atoms with van der Waals surface area (Å²) in [6.45, 7) is 4.90. The van der Waals surface area contributed by atoms with E-state index in [4.69, 9.17) is 0 Å². The van der Waals surface area contributed by atoms with Crippen LogP contribution in [0.3, 0.4) is 0 Å². The molecule has 1 heterocycles. The minimum Gasteiger partial charge on any atom is -0.341 e. The normalized spacial score (nSPS) is 12.3. The van der Waals surface area contributed by atoms with Gasteiger partial charge >= 0.3 is 0 Å². The second-order valence-electron chi connectivity index (χ2n) is 5.51. The van der Waals surface area contributed by atoms with Crippen LogP contribution in [0.1, 0.15) is 30.5 Å².